The number of allylic oxidation sites excluding steroid dienone is 1. The number of Topliss-reactive ketones (excluding diaryl/α,β-unsaturated/α-hetero) is 1. The van der Waals surface area contributed by atoms with Crippen LogP contribution in [0, 0.1) is 0 Å². The summed E-state index contributed by atoms with van der Waals surface area (Å²) >= 11 is 0. The molecule has 1 aromatic rings. The van der Waals surface area contributed by atoms with Crippen molar-refractivity contribution >= 4 is 11.8 Å². The van der Waals surface area contributed by atoms with Crippen LogP contribution in [0.25, 0.3) is 0 Å². The summed E-state index contributed by atoms with van der Waals surface area (Å²) in [5.41, 5.74) is 0.933. The van der Waals surface area contributed by atoms with Crippen molar-refractivity contribution < 1.29 is 24.2 Å². The third-order valence-corrected chi connectivity index (χ3v) is 3.38. The fourth-order valence-electron chi connectivity index (χ4n) is 2.38. The fraction of sp³-hybridized carbons (Fsp3) is 0.333. The van der Waals surface area contributed by atoms with E-state index in [0.29, 0.717) is 5.75 Å². The number of hydrogen-bond donors (Lipinski definition) is 1. The number of esters is 1. The Morgan fingerprint density at radius 3 is 2.45 bits per heavy atom. The highest BCUT2D eigenvalue weighted by Crippen LogP contribution is 2.36. The van der Waals surface area contributed by atoms with Gasteiger partial charge in [-0.15, -0.1) is 0 Å². The molecule has 1 atom stereocenters. The molecule has 1 unspecified atom stereocenters. The van der Waals surface area contributed by atoms with Crippen molar-refractivity contribution in [3.8, 4) is 5.75 Å². The number of ketones is 1. The average Bonchev–Trinajstić information content (AvgIpc) is 2.46. The van der Waals surface area contributed by atoms with E-state index in [1.807, 2.05) is 0 Å². The van der Waals surface area contributed by atoms with Crippen LogP contribution < -0.4 is 4.74 Å². The van der Waals surface area contributed by atoms with Crippen LogP contribution in [0.15, 0.2) is 35.6 Å². The summed E-state index contributed by atoms with van der Waals surface area (Å²) in [5.74, 6) is -0.695. The second-order valence-electron chi connectivity index (χ2n) is 4.60. The highest BCUT2D eigenvalue weighted by Gasteiger charge is 2.34. The largest absolute Gasteiger partial charge is 0.511 e. The topological polar surface area (TPSA) is 72.8 Å². The van der Waals surface area contributed by atoms with Gasteiger partial charge in [0.2, 0.25) is 0 Å². The normalized spacial score (nSPS) is 18.9. The van der Waals surface area contributed by atoms with E-state index in [1.165, 1.54) is 7.11 Å². The van der Waals surface area contributed by atoms with Crippen molar-refractivity contribution in [3.63, 3.8) is 0 Å². The molecule has 5 nitrogen and oxygen atoms in total. The maximum absolute atomic E-state index is 11.8. The predicted molar refractivity (Wildman–Crippen MR) is 71.6 cm³/mol. The lowest BCUT2D eigenvalue weighted by Crippen LogP contribution is -2.24. The standard InChI is InChI=1S/C15H16O5/c1-19-11-5-3-9(4-6-11)12-7-10(16)8-13(17)14(12)15(18)20-2/h3-6,12,17H,7-8H2,1-2H3. The molecule has 1 aromatic carbocycles. The van der Waals surface area contributed by atoms with Crippen LogP contribution in [0.4, 0.5) is 0 Å². The highest BCUT2D eigenvalue weighted by molar-refractivity contribution is 5.96. The van der Waals surface area contributed by atoms with Gasteiger partial charge in [-0.3, -0.25) is 4.79 Å². The second-order valence-corrected chi connectivity index (χ2v) is 4.60. The summed E-state index contributed by atoms with van der Waals surface area (Å²) < 4.78 is 9.77. The zero-order chi connectivity index (χ0) is 14.7. The van der Waals surface area contributed by atoms with Gasteiger partial charge in [-0.25, -0.2) is 4.79 Å². The lowest BCUT2D eigenvalue weighted by molar-refractivity contribution is -0.137. The maximum atomic E-state index is 11.8. The van der Waals surface area contributed by atoms with E-state index in [-0.39, 0.29) is 30.0 Å². The summed E-state index contributed by atoms with van der Waals surface area (Å²) in [6, 6.07) is 7.05. The Morgan fingerprint density at radius 1 is 1.25 bits per heavy atom. The minimum Gasteiger partial charge on any atom is -0.511 e. The van der Waals surface area contributed by atoms with Crippen molar-refractivity contribution in [1.29, 1.82) is 0 Å². The van der Waals surface area contributed by atoms with Crippen molar-refractivity contribution in [1.82, 2.24) is 0 Å². The number of carbonyl (C=O) groups is 2. The molecule has 1 aliphatic carbocycles. The third kappa shape index (κ3) is 2.66. The van der Waals surface area contributed by atoms with Crippen molar-refractivity contribution in [2.75, 3.05) is 14.2 Å². The van der Waals surface area contributed by atoms with E-state index in [9.17, 15) is 14.7 Å². The van der Waals surface area contributed by atoms with Crippen molar-refractivity contribution in [2.45, 2.75) is 18.8 Å². The lowest BCUT2D eigenvalue weighted by atomic mass is 9.81. The van der Waals surface area contributed by atoms with E-state index in [0.717, 1.165) is 5.56 Å². The number of aliphatic hydroxyl groups excluding tert-OH is 1. The van der Waals surface area contributed by atoms with E-state index >= 15 is 0 Å². The molecule has 0 heterocycles. The summed E-state index contributed by atoms with van der Waals surface area (Å²) in [4.78, 5) is 23.5. The molecule has 5 heteroatoms. The quantitative estimate of drug-likeness (QED) is 0.856. The molecular weight excluding hydrogens is 260 g/mol. The first-order valence-electron chi connectivity index (χ1n) is 6.22. The van der Waals surface area contributed by atoms with Gasteiger partial charge in [0.15, 0.2) is 0 Å². The molecule has 1 aliphatic rings. The lowest BCUT2D eigenvalue weighted by Gasteiger charge is -2.24. The van der Waals surface area contributed by atoms with E-state index in [1.54, 1.807) is 31.4 Å². The molecule has 0 fully saturated rings. The highest BCUT2D eigenvalue weighted by atomic mass is 16.5. The van der Waals surface area contributed by atoms with Gasteiger partial charge in [0.25, 0.3) is 0 Å². The first kappa shape index (κ1) is 14.1. The Labute approximate surface area is 116 Å². The Bertz CT molecular complexity index is 556. The number of methoxy groups -OCH3 is 2. The van der Waals surface area contributed by atoms with Crippen LogP contribution in [0.1, 0.15) is 24.3 Å². The summed E-state index contributed by atoms with van der Waals surface area (Å²) in [6.45, 7) is 0. The van der Waals surface area contributed by atoms with Crippen LogP contribution in [-0.2, 0) is 14.3 Å². The van der Waals surface area contributed by atoms with E-state index < -0.39 is 11.9 Å². The molecule has 0 saturated heterocycles. The van der Waals surface area contributed by atoms with Crippen molar-refractivity contribution in [3.05, 3.63) is 41.2 Å². The van der Waals surface area contributed by atoms with Gasteiger partial charge in [-0.2, -0.15) is 0 Å². The Morgan fingerprint density at radius 2 is 1.90 bits per heavy atom. The molecule has 0 amide bonds. The summed E-state index contributed by atoms with van der Waals surface area (Å²) in [7, 11) is 2.81. The van der Waals surface area contributed by atoms with Crippen LogP contribution in [0.5, 0.6) is 5.75 Å². The molecule has 20 heavy (non-hydrogen) atoms. The molecular formula is C15H16O5. The molecule has 0 aliphatic heterocycles. The number of benzene rings is 1. The number of ether oxygens (including phenoxy) is 2. The second kappa shape index (κ2) is 5.77. The minimum absolute atomic E-state index is 0.101. The van der Waals surface area contributed by atoms with Crippen LogP contribution in [-0.4, -0.2) is 31.1 Å². The number of rotatable bonds is 3. The zero-order valence-corrected chi connectivity index (χ0v) is 11.4. The molecule has 106 valence electrons. The number of aliphatic hydroxyl groups is 1. The molecule has 0 saturated carbocycles. The Kier molecular flexibility index (Phi) is 4.08. The zero-order valence-electron chi connectivity index (χ0n) is 11.4. The first-order chi connectivity index (χ1) is 9.56. The van der Waals surface area contributed by atoms with Gasteiger partial charge >= 0.3 is 5.97 Å². The Balaban J connectivity index is 2.42. The smallest absolute Gasteiger partial charge is 0.337 e. The molecule has 1 N–H and O–H groups in total. The molecule has 0 aromatic heterocycles. The van der Waals surface area contributed by atoms with E-state index in [2.05, 4.69) is 0 Å². The van der Waals surface area contributed by atoms with Gasteiger partial charge in [0.05, 0.1) is 26.2 Å². The van der Waals surface area contributed by atoms with E-state index in [4.69, 9.17) is 9.47 Å². The van der Waals surface area contributed by atoms with Gasteiger partial charge in [-0.1, -0.05) is 12.1 Å². The number of hydrogen-bond acceptors (Lipinski definition) is 5. The minimum atomic E-state index is -0.601. The molecule has 0 bridgehead atoms. The van der Waals surface area contributed by atoms with Gasteiger partial charge in [0.1, 0.15) is 17.3 Å². The fourth-order valence-corrected chi connectivity index (χ4v) is 2.38. The molecule has 0 spiro atoms. The predicted octanol–water partition coefficient (Wildman–Crippen LogP) is 2.13. The summed E-state index contributed by atoms with van der Waals surface area (Å²) in [6.07, 6.45) is 0.0674. The van der Waals surface area contributed by atoms with Gasteiger partial charge < -0.3 is 14.6 Å². The maximum Gasteiger partial charge on any atom is 0.337 e. The summed E-state index contributed by atoms with van der Waals surface area (Å²) in [5, 5.41) is 9.91. The third-order valence-electron chi connectivity index (χ3n) is 3.38. The van der Waals surface area contributed by atoms with Crippen molar-refractivity contribution in [2.24, 2.45) is 0 Å². The van der Waals surface area contributed by atoms with Crippen LogP contribution in [0.2, 0.25) is 0 Å². The first-order valence-corrected chi connectivity index (χ1v) is 6.22. The molecule has 2 rings (SSSR count). The van der Waals surface area contributed by atoms with Gasteiger partial charge in [-0.05, 0) is 17.7 Å². The monoisotopic (exact) mass is 276 g/mol. The molecule has 0 radical (unpaired) electrons. The van der Waals surface area contributed by atoms with Crippen LogP contribution in [0.3, 0.4) is 0 Å². The SMILES string of the molecule is COC(=O)C1=C(O)CC(=O)CC1c1ccc(OC)cc1. The number of carbonyl (C=O) groups excluding carboxylic acids is 2. The van der Waals surface area contributed by atoms with Gasteiger partial charge in [0, 0.05) is 12.3 Å². The van der Waals surface area contributed by atoms with Crippen LogP contribution >= 0.6 is 0 Å². The Hall–Kier alpha value is -2.30. The average molecular weight is 276 g/mol.